The normalized spacial score (nSPS) is 16.3. The van der Waals surface area contributed by atoms with Crippen molar-refractivity contribution in [2.24, 2.45) is 7.05 Å². The summed E-state index contributed by atoms with van der Waals surface area (Å²) in [4.78, 5) is 4.93. The van der Waals surface area contributed by atoms with Crippen LogP contribution in [0.4, 0.5) is 11.5 Å². The molecule has 3 N–H and O–H groups in total. The van der Waals surface area contributed by atoms with Gasteiger partial charge in [0.25, 0.3) is 0 Å². The minimum atomic E-state index is 0.666. The van der Waals surface area contributed by atoms with Gasteiger partial charge in [0.05, 0.1) is 11.9 Å². The molecule has 2 aliphatic rings. The van der Waals surface area contributed by atoms with E-state index in [1.54, 1.807) is 4.68 Å². The molecule has 0 unspecified atom stereocenters. The zero-order valence-corrected chi connectivity index (χ0v) is 16.7. The zero-order valence-electron chi connectivity index (χ0n) is 16.7. The van der Waals surface area contributed by atoms with Crippen molar-refractivity contribution in [3.8, 4) is 11.3 Å². The zero-order chi connectivity index (χ0) is 19.6. The number of benzene rings is 1. The fourth-order valence-corrected chi connectivity index (χ4v) is 4.17. The maximum Gasteiger partial charge on any atom is 0.136 e. The Kier molecular flexibility index (Phi) is 4.77. The number of hydrogen-bond donors (Lipinski definition) is 3. The van der Waals surface area contributed by atoms with Crippen LogP contribution in [0.15, 0.2) is 48.9 Å². The lowest BCUT2D eigenvalue weighted by Crippen LogP contribution is -2.26. The Hall–Kier alpha value is -3.12. The second-order valence-corrected chi connectivity index (χ2v) is 7.81. The average Bonchev–Trinajstić information content (AvgIpc) is 3.21. The van der Waals surface area contributed by atoms with E-state index in [2.05, 4.69) is 57.5 Å². The molecule has 0 radical (unpaired) electrons. The number of nitrogens with zero attached hydrogens (tertiary/aromatic N) is 3. The monoisotopic (exact) mass is 386 g/mol. The van der Waals surface area contributed by atoms with Crippen molar-refractivity contribution in [2.45, 2.75) is 25.3 Å². The molecule has 3 aromatic rings. The third-order valence-electron chi connectivity index (χ3n) is 5.80. The Bertz CT molecular complexity index is 1030. The third-order valence-corrected chi connectivity index (χ3v) is 5.80. The molecule has 0 aliphatic carbocycles. The van der Waals surface area contributed by atoms with E-state index in [0.717, 1.165) is 42.4 Å². The van der Waals surface area contributed by atoms with Crippen LogP contribution in [-0.4, -0.2) is 27.9 Å². The van der Waals surface area contributed by atoms with Gasteiger partial charge < -0.3 is 16.0 Å². The SMILES string of the molecule is Cn1cc(-c2cc3c(c(Nc4ccc(C5CCNCC5)cc4)n2)CNC=C3)cn1. The van der Waals surface area contributed by atoms with E-state index >= 15 is 0 Å². The number of anilines is 2. The van der Waals surface area contributed by atoms with Crippen LogP contribution in [0.3, 0.4) is 0 Å². The molecule has 5 rings (SSSR count). The molecular weight excluding hydrogens is 360 g/mol. The molecule has 1 saturated heterocycles. The lowest BCUT2D eigenvalue weighted by Gasteiger charge is -2.23. The first-order valence-corrected chi connectivity index (χ1v) is 10.3. The second-order valence-electron chi connectivity index (χ2n) is 7.81. The highest BCUT2D eigenvalue weighted by molar-refractivity contribution is 5.73. The molecule has 2 aromatic heterocycles. The first-order valence-electron chi connectivity index (χ1n) is 10.3. The molecule has 0 atom stereocenters. The average molecular weight is 387 g/mol. The van der Waals surface area contributed by atoms with E-state index < -0.39 is 0 Å². The third kappa shape index (κ3) is 3.76. The molecule has 6 nitrogen and oxygen atoms in total. The summed E-state index contributed by atoms with van der Waals surface area (Å²) in [6, 6.07) is 11.0. The van der Waals surface area contributed by atoms with Crippen LogP contribution in [0.25, 0.3) is 17.3 Å². The summed E-state index contributed by atoms with van der Waals surface area (Å²) >= 11 is 0. The molecule has 1 aromatic carbocycles. The van der Waals surface area contributed by atoms with Crippen LogP contribution < -0.4 is 16.0 Å². The highest BCUT2D eigenvalue weighted by Gasteiger charge is 2.17. The molecule has 0 spiro atoms. The van der Waals surface area contributed by atoms with Crippen molar-refractivity contribution in [3.63, 3.8) is 0 Å². The molecule has 4 heterocycles. The lowest BCUT2D eigenvalue weighted by molar-refractivity contribution is 0.460. The van der Waals surface area contributed by atoms with E-state index in [9.17, 15) is 0 Å². The van der Waals surface area contributed by atoms with Gasteiger partial charge in [0, 0.05) is 36.6 Å². The Morgan fingerprint density at radius 3 is 2.72 bits per heavy atom. The number of hydrogen-bond acceptors (Lipinski definition) is 5. The number of piperidine rings is 1. The second kappa shape index (κ2) is 7.72. The van der Waals surface area contributed by atoms with Crippen LogP contribution in [0, 0.1) is 0 Å². The van der Waals surface area contributed by atoms with E-state index in [-0.39, 0.29) is 0 Å². The smallest absolute Gasteiger partial charge is 0.136 e. The maximum atomic E-state index is 4.93. The van der Waals surface area contributed by atoms with Crippen molar-refractivity contribution in [1.29, 1.82) is 0 Å². The van der Waals surface area contributed by atoms with Crippen LogP contribution in [0.2, 0.25) is 0 Å². The highest BCUT2D eigenvalue weighted by atomic mass is 15.2. The summed E-state index contributed by atoms with van der Waals surface area (Å²) in [7, 11) is 1.93. The topological polar surface area (TPSA) is 66.8 Å². The molecule has 0 amide bonds. The molecular formula is C23H26N6. The predicted octanol–water partition coefficient (Wildman–Crippen LogP) is 3.77. The summed E-state index contributed by atoms with van der Waals surface area (Å²) < 4.78 is 1.81. The first kappa shape index (κ1) is 17.9. The number of rotatable bonds is 4. The van der Waals surface area contributed by atoms with Gasteiger partial charge >= 0.3 is 0 Å². The van der Waals surface area contributed by atoms with Gasteiger partial charge in [0.2, 0.25) is 0 Å². The summed E-state index contributed by atoms with van der Waals surface area (Å²) in [5, 5.41) is 14.6. The summed E-state index contributed by atoms with van der Waals surface area (Å²) in [6.45, 7) is 2.99. The predicted molar refractivity (Wildman–Crippen MR) is 117 cm³/mol. The minimum Gasteiger partial charge on any atom is -0.387 e. The standard InChI is InChI=1S/C23H26N6/c1-29-15-19(13-26-29)22-12-18-8-11-25-14-21(18)23(28-22)27-20-4-2-16(3-5-20)17-6-9-24-10-7-17/h2-5,8,11-13,15,17,24-25H,6-7,9-10,14H2,1H3,(H,27,28). The Morgan fingerprint density at radius 2 is 1.97 bits per heavy atom. The van der Waals surface area contributed by atoms with Gasteiger partial charge in [-0.15, -0.1) is 0 Å². The summed E-state index contributed by atoms with van der Waals surface area (Å²) in [5.41, 5.74) is 6.81. The van der Waals surface area contributed by atoms with Gasteiger partial charge in [-0.25, -0.2) is 4.98 Å². The van der Waals surface area contributed by atoms with E-state index in [1.165, 1.54) is 29.5 Å². The Labute approximate surface area is 171 Å². The van der Waals surface area contributed by atoms with Crippen molar-refractivity contribution in [2.75, 3.05) is 18.4 Å². The quantitative estimate of drug-likeness (QED) is 0.637. The van der Waals surface area contributed by atoms with Crippen LogP contribution in [0.1, 0.15) is 35.4 Å². The number of nitrogens with one attached hydrogen (secondary N) is 3. The van der Waals surface area contributed by atoms with Crippen molar-refractivity contribution in [3.05, 3.63) is 65.6 Å². The molecule has 2 aliphatic heterocycles. The summed E-state index contributed by atoms with van der Waals surface area (Å²) in [5.74, 6) is 1.56. The Morgan fingerprint density at radius 1 is 1.14 bits per heavy atom. The molecule has 0 bridgehead atoms. The van der Waals surface area contributed by atoms with Crippen molar-refractivity contribution in [1.82, 2.24) is 25.4 Å². The van der Waals surface area contributed by atoms with Crippen LogP contribution in [0.5, 0.6) is 0 Å². The molecule has 6 heteroatoms. The van der Waals surface area contributed by atoms with Gasteiger partial charge in [-0.05, 0) is 73.5 Å². The fourth-order valence-electron chi connectivity index (χ4n) is 4.17. The Balaban J connectivity index is 1.45. The summed E-state index contributed by atoms with van der Waals surface area (Å²) in [6.07, 6.45) is 10.4. The van der Waals surface area contributed by atoms with Crippen LogP contribution in [-0.2, 0) is 13.6 Å². The maximum absolute atomic E-state index is 4.93. The molecule has 148 valence electrons. The fraction of sp³-hybridized carbons (Fsp3) is 0.304. The van der Waals surface area contributed by atoms with Gasteiger partial charge in [0.1, 0.15) is 5.82 Å². The van der Waals surface area contributed by atoms with Gasteiger partial charge in [0.15, 0.2) is 0 Å². The van der Waals surface area contributed by atoms with E-state index in [1.807, 2.05) is 25.6 Å². The van der Waals surface area contributed by atoms with Crippen molar-refractivity contribution < 1.29 is 0 Å². The van der Waals surface area contributed by atoms with E-state index in [4.69, 9.17) is 4.98 Å². The highest BCUT2D eigenvalue weighted by Crippen LogP contribution is 2.31. The largest absolute Gasteiger partial charge is 0.387 e. The van der Waals surface area contributed by atoms with Gasteiger partial charge in [-0.2, -0.15) is 5.10 Å². The minimum absolute atomic E-state index is 0.666. The van der Waals surface area contributed by atoms with Gasteiger partial charge in [-0.3, -0.25) is 4.68 Å². The molecule has 1 fully saturated rings. The lowest BCUT2D eigenvalue weighted by atomic mass is 9.90. The number of aryl methyl sites for hydroxylation is 1. The number of pyridine rings is 1. The molecule has 29 heavy (non-hydrogen) atoms. The number of fused-ring (bicyclic) bond motifs is 1. The number of aromatic nitrogens is 3. The van der Waals surface area contributed by atoms with Crippen LogP contribution >= 0.6 is 0 Å². The van der Waals surface area contributed by atoms with Gasteiger partial charge in [-0.1, -0.05) is 12.1 Å². The van der Waals surface area contributed by atoms with E-state index in [0.29, 0.717) is 5.92 Å². The van der Waals surface area contributed by atoms with Crippen molar-refractivity contribution >= 4 is 17.6 Å². The first-order chi connectivity index (χ1) is 14.3. The molecule has 0 saturated carbocycles.